The third-order valence-corrected chi connectivity index (χ3v) is 7.51. The minimum Gasteiger partial charge on any atom is -0.496 e. The van der Waals surface area contributed by atoms with Crippen molar-refractivity contribution in [1.29, 1.82) is 0 Å². The Labute approximate surface area is 287 Å². The van der Waals surface area contributed by atoms with E-state index >= 15 is 0 Å². The van der Waals surface area contributed by atoms with E-state index in [9.17, 15) is 39.5 Å². The first-order chi connectivity index (χ1) is 24.2. The fourth-order valence-corrected chi connectivity index (χ4v) is 4.47. The fraction of sp³-hybridized carbons (Fsp3) is 0.323. The molecule has 0 radical (unpaired) electrons. The number of methoxy groups -OCH3 is 2. The molecule has 0 spiro atoms. The summed E-state index contributed by atoms with van der Waals surface area (Å²) in [5.41, 5.74) is 1.47. The van der Waals surface area contributed by atoms with Gasteiger partial charge in [0.25, 0.3) is 11.6 Å². The number of ether oxygens (including phenoxy) is 3. The van der Waals surface area contributed by atoms with E-state index in [1.165, 1.54) is 37.4 Å². The Morgan fingerprint density at radius 2 is 1.23 bits per heavy atom. The van der Waals surface area contributed by atoms with Crippen LogP contribution in [0.1, 0.15) is 38.0 Å². The van der Waals surface area contributed by atoms with Crippen molar-refractivity contribution in [2.45, 2.75) is 51.0 Å². The summed E-state index contributed by atoms with van der Waals surface area (Å²) in [5, 5.41) is 21.0. The number of benzene rings is 1. The summed E-state index contributed by atoms with van der Waals surface area (Å²) < 4.78 is 132. The molecule has 6 aromatic rings. The molecule has 1 unspecified atom stereocenters. The minimum absolute atomic E-state index is 0.0113. The summed E-state index contributed by atoms with van der Waals surface area (Å²) >= 11 is 0. The number of nitrogens with zero attached hydrogens (tertiary/aromatic N) is 9. The highest BCUT2D eigenvalue weighted by Gasteiger charge is 2.39. The Morgan fingerprint density at radius 1 is 0.673 bits per heavy atom. The van der Waals surface area contributed by atoms with Crippen LogP contribution in [0.3, 0.4) is 0 Å². The van der Waals surface area contributed by atoms with Gasteiger partial charge >= 0.3 is 18.5 Å². The van der Waals surface area contributed by atoms with Crippen LogP contribution in [0.2, 0.25) is 0 Å². The van der Waals surface area contributed by atoms with E-state index in [0.717, 1.165) is 18.7 Å². The molecule has 0 saturated carbocycles. The summed E-state index contributed by atoms with van der Waals surface area (Å²) in [5.74, 6) is -2.27. The van der Waals surface area contributed by atoms with Gasteiger partial charge in [-0.15, -0.1) is 20.4 Å². The van der Waals surface area contributed by atoms with Crippen molar-refractivity contribution in [3.8, 4) is 34.1 Å². The number of rotatable bonds is 7. The molecule has 6 rings (SSSR count). The molecule has 0 fully saturated rings. The van der Waals surface area contributed by atoms with Crippen molar-refractivity contribution >= 4 is 11.3 Å². The van der Waals surface area contributed by atoms with E-state index in [2.05, 4.69) is 40.3 Å². The molecule has 52 heavy (non-hydrogen) atoms. The maximum atomic E-state index is 13.1. The second kappa shape index (κ2) is 13.8. The quantitative estimate of drug-likeness (QED) is 0.155. The van der Waals surface area contributed by atoms with Crippen molar-refractivity contribution in [2.75, 3.05) is 14.2 Å². The molecule has 0 aliphatic heterocycles. The van der Waals surface area contributed by atoms with Gasteiger partial charge < -0.3 is 14.2 Å². The van der Waals surface area contributed by atoms with E-state index in [4.69, 9.17) is 9.47 Å². The maximum Gasteiger partial charge on any atom is 0.453 e. The Bertz CT molecular complexity index is 2180. The molecule has 1 atom stereocenters. The molecular formula is C31H26F9N9O3. The number of fused-ring (bicyclic) bond motifs is 2. The van der Waals surface area contributed by atoms with E-state index in [1.807, 2.05) is 19.9 Å². The summed E-state index contributed by atoms with van der Waals surface area (Å²) in [6, 6.07) is 13.5. The highest BCUT2D eigenvalue weighted by atomic mass is 19.4. The number of hydrogen-bond acceptors (Lipinski definition) is 10. The molecule has 0 bridgehead atoms. The maximum absolute atomic E-state index is 13.1. The van der Waals surface area contributed by atoms with Crippen LogP contribution in [0.15, 0.2) is 60.8 Å². The van der Waals surface area contributed by atoms with Crippen LogP contribution in [-0.2, 0) is 22.7 Å². The first-order valence-corrected chi connectivity index (χ1v) is 14.8. The molecule has 0 saturated heterocycles. The summed E-state index contributed by atoms with van der Waals surface area (Å²) in [7, 11) is 3.08. The lowest BCUT2D eigenvalue weighted by molar-refractivity contribution is -0.190. The molecule has 0 N–H and O–H groups in total. The van der Waals surface area contributed by atoms with E-state index in [-0.39, 0.29) is 28.4 Å². The van der Waals surface area contributed by atoms with E-state index in [0.29, 0.717) is 26.0 Å². The second-order valence-corrected chi connectivity index (χ2v) is 11.3. The van der Waals surface area contributed by atoms with Crippen molar-refractivity contribution in [3.63, 3.8) is 0 Å². The predicted molar refractivity (Wildman–Crippen MR) is 163 cm³/mol. The van der Waals surface area contributed by atoms with Gasteiger partial charge in [0, 0.05) is 30.5 Å². The van der Waals surface area contributed by atoms with Gasteiger partial charge in [-0.1, -0.05) is 6.07 Å². The fourth-order valence-electron chi connectivity index (χ4n) is 4.47. The van der Waals surface area contributed by atoms with E-state index < -0.39 is 41.9 Å². The Morgan fingerprint density at radius 3 is 1.71 bits per heavy atom. The molecule has 0 aliphatic rings. The topological polar surface area (TPSA) is 127 Å². The van der Waals surface area contributed by atoms with Crippen molar-refractivity contribution in [1.82, 2.24) is 44.6 Å². The van der Waals surface area contributed by atoms with Crippen LogP contribution in [-0.4, -0.2) is 71.1 Å². The van der Waals surface area contributed by atoms with Gasteiger partial charge in [-0.2, -0.15) is 58.7 Å². The zero-order valence-electron chi connectivity index (χ0n) is 27.5. The van der Waals surface area contributed by atoms with Crippen LogP contribution >= 0.6 is 0 Å². The summed E-state index contributed by atoms with van der Waals surface area (Å²) in [6.45, 7) is 4.63. The van der Waals surface area contributed by atoms with Gasteiger partial charge in [-0.3, -0.25) is 0 Å². The molecule has 21 heteroatoms. The number of alkyl halides is 9. The highest BCUT2D eigenvalue weighted by Crippen LogP contribution is 2.35. The predicted octanol–water partition coefficient (Wildman–Crippen LogP) is 7.23. The van der Waals surface area contributed by atoms with Crippen LogP contribution in [0.4, 0.5) is 39.5 Å². The molecular weight excluding hydrogens is 717 g/mol. The Hall–Kier alpha value is -5.60. The average molecular weight is 744 g/mol. The smallest absolute Gasteiger partial charge is 0.453 e. The molecule has 276 valence electrons. The zero-order valence-corrected chi connectivity index (χ0v) is 27.5. The number of pyridine rings is 1. The van der Waals surface area contributed by atoms with Gasteiger partial charge in [-0.25, -0.2) is 4.98 Å². The summed E-state index contributed by atoms with van der Waals surface area (Å²) in [6.07, 6.45) is -14.8. The van der Waals surface area contributed by atoms with Gasteiger partial charge in [0.2, 0.25) is 5.88 Å². The Kier molecular flexibility index (Phi) is 10.0. The lowest BCUT2D eigenvalue weighted by Crippen LogP contribution is -2.31. The number of halogens is 9. The summed E-state index contributed by atoms with van der Waals surface area (Å²) in [4.78, 5) is 3.72. The van der Waals surface area contributed by atoms with Gasteiger partial charge in [0.05, 0.1) is 24.1 Å². The zero-order chi connectivity index (χ0) is 38.2. The second-order valence-electron chi connectivity index (χ2n) is 11.3. The lowest BCUT2D eigenvalue weighted by atomic mass is 9.95. The monoisotopic (exact) mass is 743 g/mol. The van der Waals surface area contributed by atoms with E-state index in [1.54, 1.807) is 25.3 Å². The van der Waals surface area contributed by atoms with Crippen molar-refractivity contribution in [2.24, 2.45) is 0 Å². The molecule has 5 heterocycles. The van der Waals surface area contributed by atoms with Crippen LogP contribution < -0.4 is 9.47 Å². The van der Waals surface area contributed by atoms with Gasteiger partial charge in [-0.05, 0) is 68.8 Å². The van der Waals surface area contributed by atoms with Crippen LogP contribution in [0.25, 0.3) is 33.8 Å². The normalized spacial score (nSPS) is 13.2. The Balaban J connectivity index is 0.000000201. The minimum atomic E-state index is -4.74. The third-order valence-electron chi connectivity index (χ3n) is 7.51. The number of aromatic nitrogens is 9. The van der Waals surface area contributed by atoms with Gasteiger partial charge in [0.15, 0.2) is 17.4 Å². The molecule has 0 aliphatic carbocycles. The number of hydrogen-bond donors (Lipinski definition) is 0. The first kappa shape index (κ1) is 37.7. The highest BCUT2D eigenvalue weighted by molar-refractivity contribution is 5.68. The van der Waals surface area contributed by atoms with Gasteiger partial charge in [0.1, 0.15) is 5.75 Å². The molecule has 1 aromatic carbocycles. The SMILES string of the molecule is CC(Oc1ccc(-c2ccc3nnc(C(F)(F)F)n3n2)cn1)C(F)(F)F.COc1cc(C(C)(C)OC)ccc1-c1ccc2nnc(C(F)(F)F)n2n1. The van der Waals surface area contributed by atoms with Crippen LogP contribution in [0, 0.1) is 0 Å². The molecule has 12 nitrogen and oxygen atoms in total. The molecule has 5 aromatic heterocycles. The third kappa shape index (κ3) is 7.98. The standard InChI is InChI=1S/C17H17F3N4O2.C14H9F6N5O/c1-16(2,26-4)10-5-6-11(13(9-10)25-3)12-7-8-14-21-22-15(17(18,19)20)24(14)23-12;1-7(13(15,16)17)26-11-5-2-8(6-21-11)9-3-4-10-22-23-12(14(18,19)20)25(10)24-9/h5-9H,1-4H3;2-7H,1H3. The average Bonchev–Trinajstić information content (AvgIpc) is 3.72. The van der Waals surface area contributed by atoms with Crippen molar-refractivity contribution < 1.29 is 53.7 Å². The lowest BCUT2D eigenvalue weighted by Gasteiger charge is -2.24. The largest absolute Gasteiger partial charge is 0.496 e. The van der Waals surface area contributed by atoms with Crippen LogP contribution in [0.5, 0.6) is 11.6 Å². The molecule has 0 amide bonds. The van der Waals surface area contributed by atoms with Crippen molar-refractivity contribution in [3.05, 3.63) is 78.0 Å². The first-order valence-electron chi connectivity index (χ1n) is 14.8.